The average molecular weight is 1000 g/mol. The van der Waals surface area contributed by atoms with Crippen LogP contribution in [0.2, 0.25) is 0 Å². The van der Waals surface area contributed by atoms with E-state index < -0.39 is 0 Å². The molecule has 0 atom stereocenters. The smallest absolute Gasteiger partial charge is 0.269 e. The Labute approximate surface area is 452 Å². The molecule has 0 amide bonds. The Hall–Kier alpha value is -7.50. The van der Waals surface area contributed by atoms with Gasteiger partial charge in [-0.1, -0.05) is 219 Å². The Kier molecular flexibility index (Phi) is 13.0. The van der Waals surface area contributed by atoms with Crippen molar-refractivity contribution < 1.29 is 9.30 Å². The zero-order chi connectivity index (χ0) is 54.2. The lowest BCUT2D eigenvalue weighted by Gasteiger charge is -2.33. The fourth-order valence-corrected chi connectivity index (χ4v) is 11.2. The number of fused-ring (bicyclic) bond motifs is 3. The van der Waals surface area contributed by atoms with Gasteiger partial charge in [-0.15, -0.1) is 0 Å². The molecule has 5 nitrogen and oxygen atoms in total. The molecular formula is C71H76N4O. The number of nitrogens with zero attached hydrogens (tertiary/aromatic N) is 4. The lowest BCUT2D eigenvalue weighted by Crippen LogP contribution is -2.41. The molecule has 0 aliphatic rings. The van der Waals surface area contributed by atoms with E-state index in [2.05, 4.69) is 306 Å². The van der Waals surface area contributed by atoms with Gasteiger partial charge < -0.3 is 4.74 Å². The summed E-state index contributed by atoms with van der Waals surface area (Å²) in [7, 11) is 0. The summed E-state index contributed by atoms with van der Waals surface area (Å²) in [5.41, 5.74) is 13.6. The Morgan fingerprint density at radius 1 is 0.408 bits per heavy atom. The number of hydrogen-bond donors (Lipinski definition) is 0. The van der Waals surface area contributed by atoms with E-state index in [1.54, 1.807) is 0 Å². The number of para-hydroxylation sites is 1. The van der Waals surface area contributed by atoms with Crippen LogP contribution < -0.4 is 9.30 Å². The molecule has 0 fully saturated rings. The van der Waals surface area contributed by atoms with Gasteiger partial charge in [-0.3, -0.25) is 13.7 Å². The van der Waals surface area contributed by atoms with E-state index in [4.69, 9.17) is 9.72 Å². The highest BCUT2D eigenvalue weighted by Gasteiger charge is 2.37. The van der Waals surface area contributed by atoms with Crippen molar-refractivity contribution in [3.05, 3.63) is 245 Å². The van der Waals surface area contributed by atoms with Gasteiger partial charge >= 0.3 is 0 Å². The van der Waals surface area contributed by atoms with E-state index in [-0.39, 0.29) is 32.5 Å². The van der Waals surface area contributed by atoms with Crippen molar-refractivity contribution in [2.24, 2.45) is 0 Å². The molecule has 0 saturated heterocycles. The highest BCUT2D eigenvalue weighted by molar-refractivity contribution is 6.09. The van der Waals surface area contributed by atoms with Crippen LogP contribution in [0, 0.1) is 6.33 Å². The van der Waals surface area contributed by atoms with Crippen molar-refractivity contribution >= 4 is 21.8 Å². The first-order chi connectivity index (χ1) is 35.8. The van der Waals surface area contributed by atoms with Crippen molar-refractivity contribution in [3.63, 3.8) is 0 Å². The van der Waals surface area contributed by atoms with Crippen LogP contribution in [0.15, 0.2) is 188 Å². The maximum Gasteiger partial charge on any atom is 0.269 e. The zero-order valence-electron chi connectivity index (χ0n) is 47.6. The van der Waals surface area contributed by atoms with Crippen molar-refractivity contribution in [1.82, 2.24) is 14.1 Å². The molecule has 0 aliphatic carbocycles. The third-order valence-corrected chi connectivity index (χ3v) is 16.0. The lowest BCUT2D eigenvalue weighted by atomic mass is 9.73. The van der Waals surface area contributed by atoms with Crippen LogP contribution in [0.25, 0.3) is 39.0 Å². The van der Waals surface area contributed by atoms with Crippen LogP contribution in [0.5, 0.6) is 11.5 Å². The average Bonchev–Trinajstić information content (AvgIpc) is 3.97. The van der Waals surface area contributed by atoms with E-state index >= 15 is 0 Å². The number of pyridine rings is 1. The molecule has 0 N–H and O–H groups in total. The number of hydrogen-bond acceptors (Lipinski definition) is 2. The van der Waals surface area contributed by atoms with Crippen molar-refractivity contribution in [1.29, 1.82) is 0 Å². The summed E-state index contributed by atoms with van der Waals surface area (Å²) in [6.07, 6.45) is 6.02. The first kappa shape index (κ1) is 52.0. The van der Waals surface area contributed by atoms with Crippen LogP contribution in [0.4, 0.5) is 0 Å². The summed E-state index contributed by atoms with van der Waals surface area (Å²) in [6, 6.07) is 66.2. The summed E-state index contributed by atoms with van der Waals surface area (Å²) in [5, 5.41) is 2.32. The number of rotatable bonds is 11. The van der Waals surface area contributed by atoms with Gasteiger partial charge in [0.15, 0.2) is 0 Å². The van der Waals surface area contributed by atoms with Gasteiger partial charge in [0.2, 0.25) is 0 Å². The lowest BCUT2D eigenvalue weighted by molar-refractivity contribution is -0.611. The molecule has 0 spiro atoms. The van der Waals surface area contributed by atoms with Crippen LogP contribution >= 0.6 is 0 Å². The SMILES string of the molecule is CC(C)(C)c1ccnc(-n2c3ccccc3c3ccc(Oc4cc(-n5[c-][n+](-c6cc(C(C)(C)c7ccccc7)cc(C(C)(C)c7ccccc7)c6)c(C(C)(C)C)c5C(C)(C)C)cc(C(C)(C)c5ccccc5)c4)cc32)c1. The molecule has 10 rings (SSSR count). The molecule has 3 heterocycles. The van der Waals surface area contributed by atoms with Gasteiger partial charge in [0.25, 0.3) is 6.33 Å². The molecule has 0 radical (unpaired) electrons. The summed E-state index contributed by atoms with van der Waals surface area (Å²) in [5.74, 6) is 2.37. The van der Waals surface area contributed by atoms with Gasteiger partial charge in [0.05, 0.1) is 33.8 Å². The minimum absolute atomic E-state index is 0.0383. The molecule has 386 valence electrons. The Balaban J connectivity index is 1.21. The molecule has 10 aromatic rings. The predicted molar refractivity (Wildman–Crippen MR) is 317 cm³/mol. The largest absolute Gasteiger partial charge is 0.458 e. The highest BCUT2D eigenvalue weighted by Crippen LogP contribution is 2.43. The summed E-state index contributed by atoms with van der Waals surface area (Å²) < 4.78 is 14.2. The number of imidazole rings is 1. The fraction of sp³-hybridized carbons (Fsp3) is 0.296. The van der Waals surface area contributed by atoms with E-state index in [1.165, 1.54) is 50.2 Å². The second kappa shape index (κ2) is 19.0. The maximum atomic E-state index is 7.22. The molecule has 0 saturated carbocycles. The third-order valence-electron chi connectivity index (χ3n) is 16.0. The van der Waals surface area contributed by atoms with Crippen LogP contribution in [-0.2, 0) is 32.5 Å². The monoisotopic (exact) mass is 1000 g/mol. The molecule has 76 heavy (non-hydrogen) atoms. The van der Waals surface area contributed by atoms with Crippen LogP contribution in [0.3, 0.4) is 0 Å². The van der Waals surface area contributed by atoms with Gasteiger partial charge in [-0.25, -0.2) is 4.98 Å². The normalized spacial score (nSPS) is 12.9. The van der Waals surface area contributed by atoms with Gasteiger partial charge in [0.1, 0.15) is 17.3 Å². The van der Waals surface area contributed by atoms with E-state index in [0.717, 1.165) is 50.7 Å². The number of ether oxygens (including phenoxy) is 1. The Morgan fingerprint density at radius 2 is 0.921 bits per heavy atom. The van der Waals surface area contributed by atoms with Crippen molar-refractivity contribution in [3.8, 4) is 28.7 Å². The standard InChI is InChI=1S/C71H76N4O/c1-66(2,3)51-37-38-72-63(44-51)75-61-34-26-25-33-59(61)60-36-35-57(46-62(60)75)76-58-43-54(71(14,15)50-31-23-18-24-32-50)42-56(45-58)74-47-73(64(67(4,5)6)65(74)68(7,8)9)55-40-52(69(10,11)48-27-19-16-20-28-48)39-53(41-55)70(12,13)49-29-21-17-22-30-49/h16-46H,1-15H3. The van der Waals surface area contributed by atoms with E-state index in [1.807, 2.05) is 6.20 Å². The fourth-order valence-electron chi connectivity index (χ4n) is 11.2. The first-order valence-corrected chi connectivity index (χ1v) is 27.1. The molecule has 3 aromatic heterocycles. The highest BCUT2D eigenvalue weighted by atomic mass is 16.5. The molecule has 0 unspecified atom stereocenters. The van der Waals surface area contributed by atoms with Gasteiger partial charge in [0, 0.05) is 39.3 Å². The third kappa shape index (κ3) is 9.59. The van der Waals surface area contributed by atoms with Crippen molar-refractivity contribution in [2.75, 3.05) is 0 Å². The second-order valence-electron chi connectivity index (χ2n) is 25.7. The van der Waals surface area contributed by atoms with Crippen LogP contribution in [-0.4, -0.2) is 14.1 Å². The Morgan fingerprint density at radius 3 is 1.45 bits per heavy atom. The molecule has 5 heteroatoms. The molecular weight excluding hydrogens is 925 g/mol. The summed E-state index contributed by atoms with van der Waals surface area (Å²) in [6.45, 7) is 34.8. The molecule has 0 aliphatic heterocycles. The summed E-state index contributed by atoms with van der Waals surface area (Å²) >= 11 is 0. The zero-order valence-corrected chi connectivity index (χ0v) is 47.6. The molecule has 7 aromatic carbocycles. The topological polar surface area (TPSA) is 35.9 Å². The minimum atomic E-state index is -0.386. The number of benzene rings is 7. The van der Waals surface area contributed by atoms with E-state index in [9.17, 15) is 0 Å². The first-order valence-electron chi connectivity index (χ1n) is 27.1. The van der Waals surface area contributed by atoms with Gasteiger partial charge in [-0.2, -0.15) is 0 Å². The van der Waals surface area contributed by atoms with Crippen molar-refractivity contribution in [2.45, 2.75) is 136 Å². The van der Waals surface area contributed by atoms with E-state index in [0.29, 0.717) is 0 Å². The predicted octanol–water partition coefficient (Wildman–Crippen LogP) is 17.7. The summed E-state index contributed by atoms with van der Waals surface area (Å²) in [4.78, 5) is 4.97. The Bertz CT molecular complexity index is 3670. The second-order valence-corrected chi connectivity index (χ2v) is 25.7. The maximum absolute atomic E-state index is 7.22. The number of aromatic nitrogens is 4. The quantitative estimate of drug-likeness (QED) is 0.0956. The minimum Gasteiger partial charge on any atom is -0.458 e. The molecule has 0 bridgehead atoms. The van der Waals surface area contributed by atoms with Gasteiger partial charge in [-0.05, 0) is 116 Å². The van der Waals surface area contributed by atoms with Crippen LogP contribution in [0.1, 0.15) is 154 Å².